The number of aromatic nitrogens is 2. The molecule has 0 fully saturated rings. The summed E-state index contributed by atoms with van der Waals surface area (Å²) >= 11 is 0. The molecule has 0 saturated carbocycles. The summed E-state index contributed by atoms with van der Waals surface area (Å²) in [5, 5.41) is 3.04. The SMILES string of the molecule is Cc1ccc(Nc2cc(N)nc(C(C)C)n2)cc1F. The molecule has 0 atom stereocenters. The Balaban J connectivity index is 2.29. The van der Waals surface area contributed by atoms with Gasteiger partial charge in [0.05, 0.1) is 0 Å². The maximum atomic E-state index is 13.5. The van der Waals surface area contributed by atoms with Crippen LogP contribution in [-0.2, 0) is 0 Å². The molecule has 1 heterocycles. The second-order valence-corrected chi connectivity index (χ2v) is 4.78. The minimum Gasteiger partial charge on any atom is -0.384 e. The average Bonchev–Trinajstić information content (AvgIpc) is 2.33. The van der Waals surface area contributed by atoms with E-state index in [2.05, 4.69) is 15.3 Å². The number of rotatable bonds is 3. The van der Waals surface area contributed by atoms with Gasteiger partial charge in [-0.2, -0.15) is 0 Å². The maximum Gasteiger partial charge on any atom is 0.136 e. The highest BCUT2D eigenvalue weighted by atomic mass is 19.1. The Hall–Kier alpha value is -2.17. The first-order valence-corrected chi connectivity index (χ1v) is 6.13. The summed E-state index contributed by atoms with van der Waals surface area (Å²) in [6, 6.07) is 6.57. The van der Waals surface area contributed by atoms with Gasteiger partial charge in [0, 0.05) is 17.7 Å². The summed E-state index contributed by atoms with van der Waals surface area (Å²) in [6.45, 7) is 5.70. The van der Waals surface area contributed by atoms with Crippen LogP contribution in [0.3, 0.4) is 0 Å². The smallest absolute Gasteiger partial charge is 0.136 e. The number of hydrogen-bond acceptors (Lipinski definition) is 4. The van der Waals surface area contributed by atoms with Crippen LogP contribution in [0, 0.1) is 12.7 Å². The van der Waals surface area contributed by atoms with Crippen LogP contribution in [0.15, 0.2) is 24.3 Å². The highest BCUT2D eigenvalue weighted by Gasteiger charge is 2.07. The van der Waals surface area contributed by atoms with Crippen molar-refractivity contribution in [2.24, 2.45) is 0 Å². The second kappa shape index (κ2) is 5.22. The normalized spacial score (nSPS) is 10.8. The second-order valence-electron chi connectivity index (χ2n) is 4.78. The van der Waals surface area contributed by atoms with E-state index >= 15 is 0 Å². The van der Waals surface area contributed by atoms with Gasteiger partial charge in [-0.05, 0) is 24.6 Å². The standard InChI is InChI=1S/C14H17FN4/c1-8(2)14-18-12(16)7-13(19-14)17-10-5-4-9(3)11(15)6-10/h4-8H,1-3H3,(H3,16,17,18,19). The summed E-state index contributed by atoms with van der Waals surface area (Å²) in [5.74, 6) is 1.55. The fraction of sp³-hybridized carbons (Fsp3) is 0.286. The number of nitrogen functional groups attached to an aromatic ring is 1. The zero-order chi connectivity index (χ0) is 14.0. The third-order valence-corrected chi connectivity index (χ3v) is 2.72. The molecule has 0 amide bonds. The Morgan fingerprint density at radius 2 is 1.95 bits per heavy atom. The van der Waals surface area contributed by atoms with E-state index in [1.165, 1.54) is 6.07 Å². The number of anilines is 3. The molecule has 100 valence electrons. The molecule has 0 radical (unpaired) electrons. The van der Waals surface area contributed by atoms with E-state index in [1.807, 2.05) is 13.8 Å². The predicted molar refractivity (Wildman–Crippen MR) is 75.0 cm³/mol. The van der Waals surface area contributed by atoms with Gasteiger partial charge >= 0.3 is 0 Å². The fourth-order valence-corrected chi connectivity index (χ4v) is 1.63. The van der Waals surface area contributed by atoms with Crippen LogP contribution in [-0.4, -0.2) is 9.97 Å². The highest BCUT2D eigenvalue weighted by Crippen LogP contribution is 2.20. The Kier molecular flexibility index (Phi) is 3.64. The van der Waals surface area contributed by atoms with Crippen LogP contribution < -0.4 is 11.1 Å². The average molecular weight is 260 g/mol. The van der Waals surface area contributed by atoms with Gasteiger partial charge in [0.2, 0.25) is 0 Å². The van der Waals surface area contributed by atoms with Crippen molar-refractivity contribution in [3.8, 4) is 0 Å². The molecule has 0 saturated heterocycles. The van der Waals surface area contributed by atoms with Crippen molar-refractivity contribution in [1.29, 1.82) is 0 Å². The predicted octanol–water partition coefficient (Wildman–Crippen LogP) is 3.37. The van der Waals surface area contributed by atoms with Gasteiger partial charge in [-0.25, -0.2) is 14.4 Å². The lowest BCUT2D eigenvalue weighted by Crippen LogP contribution is -2.05. The maximum absolute atomic E-state index is 13.5. The number of nitrogens with zero attached hydrogens (tertiary/aromatic N) is 2. The fourth-order valence-electron chi connectivity index (χ4n) is 1.63. The van der Waals surface area contributed by atoms with E-state index in [4.69, 9.17) is 5.73 Å². The molecule has 1 aromatic heterocycles. The van der Waals surface area contributed by atoms with E-state index in [9.17, 15) is 4.39 Å². The van der Waals surface area contributed by atoms with E-state index in [0.717, 1.165) is 0 Å². The molecule has 0 bridgehead atoms. The number of nitrogens with one attached hydrogen (secondary N) is 1. The van der Waals surface area contributed by atoms with Crippen LogP contribution in [0.25, 0.3) is 0 Å². The Morgan fingerprint density at radius 3 is 2.58 bits per heavy atom. The first-order chi connectivity index (χ1) is 8.95. The van der Waals surface area contributed by atoms with Crippen molar-refractivity contribution in [3.05, 3.63) is 41.5 Å². The van der Waals surface area contributed by atoms with Gasteiger partial charge in [0.1, 0.15) is 23.3 Å². The number of hydrogen-bond donors (Lipinski definition) is 2. The van der Waals surface area contributed by atoms with Gasteiger partial charge < -0.3 is 11.1 Å². The van der Waals surface area contributed by atoms with E-state index in [1.54, 1.807) is 25.1 Å². The lowest BCUT2D eigenvalue weighted by Gasteiger charge is -2.10. The van der Waals surface area contributed by atoms with Crippen LogP contribution in [0.5, 0.6) is 0 Å². The molecule has 2 aromatic rings. The van der Waals surface area contributed by atoms with E-state index in [0.29, 0.717) is 28.7 Å². The molecule has 1 aromatic carbocycles. The summed E-state index contributed by atoms with van der Waals surface area (Å²) in [5.41, 5.74) is 6.98. The minimum absolute atomic E-state index is 0.179. The van der Waals surface area contributed by atoms with Gasteiger partial charge in [-0.1, -0.05) is 19.9 Å². The van der Waals surface area contributed by atoms with Crippen LogP contribution >= 0.6 is 0 Å². The number of halogens is 1. The number of benzene rings is 1. The minimum atomic E-state index is -0.254. The van der Waals surface area contributed by atoms with E-state index in [-0.39, 0.29) is 11.7 Å². The molecular weight excluding hydrogens is 243 g/mol. The number of aryl methyl sites for hydroxylation is 1. The highest BCUT2D eigenvalue weighted by molar-refractivity contribution is 5.59. The van der Waals surface area contributed by atoms with Crippen molar-refractivity contribution >= 4 is 17.3 Å². The molecule has 0 unspecified atom stereocenters. The molecule has 0 aliphatic carbocycles. The number of nitrogens with two attached hydrogens (primary N) is 1. The van der Waals surface area contributed by atoms with Crippen molar-refractivity contribution in [3.63, 3.8) is 0 Å². The van der Waals surface area contributed by atoms with Crippen LogP contribution in [0.1, 0.15) is 31.2 Å². The first kappa shape index (κ1) is 13.3. The van der Waals surface area contributed by atoms with Gasteiger partial charge in [-0.15, -0.1) is 0 Å². The van der Waals surface area contributed by atoms with Crippen molar-refractivity contribution in [2.75, 3.05) is 11.1 Å². The van der Waals surface area contributed by atoms with Gasteiger partial charge in [0.25, 0.3) is 0 Å². The summed E-state index contributed by atoms with van der Waals surface area (Å²) in [6.07, 6.45) is 0. The van der Waals surface area contributed by atoms with Crippen LogP contribution in [0.4, 0.5) is 21.7 Å². The first-order valence-electron chi connectivity index (χ1n) is 6.13. The zero-order valence-electron chi connectivity index (χ0n) is 11.2. The van der Waals surface area contributed by atoms with Gasteiger partial charge in [-0.3, -0.25) is 0 Å². The van der Waals surface area contributed by atoms with Gasteiger partial charge in [0.15, 0.2) is 0 Å². The van der Waals surface area contributed by atoms with Crippen molar-refractivity contribution < 1.29 is 4.39 Å². The zero-order valence-corrected chi connectivity index (χ0v) is 11.2. The lowest BCUT2D eigenvalue weighted by molar-refractivity contribution is 0.619. The summed E-state index contributed by atoms with van der Waals surface area (Å²) < 4.78 is 13.5. The Labute approximate surface area is 111 Å². The molecule has 19 heavy (non-hydrogen) atoms. The van der Waals surface area contributed by atoms with Crippen molar-refractivity contribution in [1.82, 2.24) is 9.97 Å². The van der Waals surface area contributed by atoms with E-state index < -0.39 is 0 Å². The topological polar surface area (TPSA) is 63.8 Å². The summed E-state index contributed by atoms with van der Waals surface area (Å²) in [4.78, 5) is 8.52. The monoisotopic (exact) mass is 260 g/mol. The molecule has 2 rings (SSSR count). The molecular formula is C14H17FN4. The lowest BCUT2D eigenvalue weighted by atomic mass is 10.2. The third kappa shape index (κ3) is 3.19. The summed E-state index contributed by atoms with van der Waals surface area (Å²) in [7, 11) is 0. The molecule has 0 aliphatic rings. The molecule has 3 N–H and O–H groups in total. The largest absolute Gasteiger partial charge is 0.384 e. The molecule has 0 aliphatic heterocycles. The van der Waals surface area contributed by atoms with Crippen LogP contribution in [0.2, 0.25) is 0 Å². The molecule has 4 nitrogen and oxygen atoms in total. The molecule has 5 heteroatoms. The van der Waals surface area contributed by atoms with Crippen molar-refractivity contribution in [2.45, 2.75) is 26.7 Å². The third-order valence-electron chi connectivity index (χ3n) is 2.72. The molecule has 0 spiro atoms. The Morgan fingerprint density at radius 1 is 1.21 bits per heavy atom. The Bertz CT molecular complexity index is 596. The quantitative estimate of drug-likeness (QED) is 0.888.